The van der Waals surface area contributed by atoms with E-state index in [1.54, 1.807) is 18.7 Å². The van der Waals surface area contributed by atoms with E-state index < -0.39 is 0 Å². The Balaban J connectivity index is 1.42. The smallest absolute Gasteiger partial charge is 0.333 e. The molecule has 2 atom stereocenters. The topological polar surface area (TPSA) is 56.8 Å². The second-order valence-electron chi connectivity index (χ2n) is 10.6. The number of carbonyl (C=O) groups excluding carboxylic acids is 1. The van der Waals surface area contributed by atoms with Crippen molar-refractivity contribution in [2.75, 3.05) is 37.4 Å². The minimum absolute atomic E-state index is 0.0262. The van der Waals surface area contributed by atoms with Crippen molar-refractivity contribution in [1.82, 2.24) is 0 Å². The molecule has 0 bridgehead atoms. The van der Waals surface area contributed by atoms with E-state index >= 15 is 0 Å². The van der Waals surface area contributed by atoms with E-state index in [1.165, 1.54) is 21.6 Å². The number of hydrogen-bond donors (Lipinski definition) is 1. The molecule has 5 nitrogen and oxygen atoms in total. The zero-order valence-corrected chi connectivity index (χ0v) is 26.0. The predicted octanol–water partition coefficient (Wildman–Crippen LogP) is 8.26. The molecule has 0 aliphatic rings. The molecule has 3 aromatic rings. The second kappa shape index (κ2) is 16.9. The summed E-state index contributed by atoms with van der Waals surface area (Å²) in [5.74, 6) is 2.28. The molecule has 2 unspecified atom stereocenters. The number of benzene rings is 3. The second-order valence-corrected chi connectivity index (χ2v) is 11.7. The Bertz CT molecular complexity index is 1210. The van der Waals surface area contributed by atoms with Gasteiger partial charge in [-0.15, -0.1) is 11.8 Å². The number of rotatable bonds is 17. The van der Waals surface area contributed by atoms with Gasteiger partial charge < -0.3 is 19.5 Å². The van der Waals surface area contributed by atoms with Crippen molar-refractivity contribution >= 4 is 23.4 Å². The average Bonchev–Trinajstić information content (AvgIpc) is 2.97. The van der Waals surface area contributed by atoms with Gasteiger partial charge in [0.2, 0.25) is 0 Å². The fraction of sp³-hybridized carbons (Fsp3) is 0.400. The number of thioether (sulfide) groups is 1. The highest BCUT2D eigenvalue weighted by Gasteiger charge is 2.12. The molecule has 220 valence electrons. The number of hydrogen-bond acceptors (Lipinski definition) is 6. The molecule has 3 rings (SSSR count). The van der Waals surface area contributed by atoms with Crippen LogP contribution in [0.25, 0.3) is 0 Å². The van der Waals surface area contributed by atoms with Gasteiger partial charge >= 0.3 is 5.97 Å². The van der Waals surface area contributed by atoms with Crippen LogP contribution in [0, 0.1) is 0 Å². The maximum atomic E-state index is 11.5. The summed E-state index contributed by atoms with van der Waals surface area (Å²) >= 11 is 1.80. The number of carbonyl (C=O) groups is 1. The van der Waals surface area contributed by atoms with E-state index in [1.807, 2.05) is 19.1 Å². The van der Waals surface area contributed by atoms with Crippen LogP contribution in [0.2, 0.25) is 0 Å². The molecule has 0 heterocycles. The number of esters is 1. The average molecular weight is 576 g/mol. The Kier molecular flexibility index (Phi) is 13.3. The molecule has 0 radical (unpaired) electrons. The van der Waals surface area contributed by atoms with E-state index in [4.69, 9.17) is 14.2 Å². The van der Waals surface area contributed by atoms with Crippen LogP contribution in [0.5, 0.6) is 5.75 Å². The van der Waals surface area contributed by atoms with Gasteiger partial charge in [0.1, 0.15) is 25.1 Å². The summed E-state index contributed by atoms with van der Waals surface area (Å²) in [6.45, 7) is 16.0. The lowest BCUT2D eigenvalue weighted by Gasteiger charge is -2.18. The largest absolute Gasteiger partial charge is 0.491 e. The third kappa shape index (κ3) is 11.3. The quantitative estimate of drug-likeness (QED) is 0.0757. The molecule has 41 heavy (non-hydrogen) atoms. The third-order valence-corrected chi connectivity index (χ3v) is 7.92. The van der Waals surface area contributed by atoms with Gasteiger partial charge in [-0.3, -0.25) is 0 Å². The van der Waals surface area contributed by atoms with Crippen LogP contribution in [0.3, 0.4) is 0 Å². The van der Waals surface area contributed by atoms with Crippen LogP contribution < -0.4 is 10.1 Å². The summed E-state index contributed by atoms with van der Waals surface area (Å²) in [5.41, 5.74) is 5.35. The molecule has 3 aromatic carbocycles. The molecule has 0 aliphatic heterocycles. The van der Waals surface area contributed by atoms with Gasteiger partial charge in [-0.25, -0.2) is 4.79 Å². The summed E-state index contributed by atoms with van der Waals surface area (Å²) in [4.78, 5) is 12.7. The number of ether oxygens (including phenoxy) is 3. The fourth-order valence-electron chi connectivity index (χ4n) is 4.29. The highest BCUT2D eigenvalue weighted by atomic mass is 32.2. The molecule has 0 spiro atoms. The molecular weight excluding hydrogens is 530 g/mol. The summed E-state index contributed by atoms with van der Waals surface area (Å²) in [7, 11) is 0. The molecule has 0 saturated heterocycles. The third-order valence-electron chi connectivity index (χ3n) is 6.78. The van der Waals surface area contributed by atoms with E-state index in [0.717, 1.165) is 23.6 Å². The van der Waals surface area contributed by atoms with Gasteiger partial charge in [0.05, 0.1) is 0 Å². The first-order chi connectivity index (χ1) is 19.7. The Hall–Kier alpha value is -3.22. The van der Waals surface area contributed by atoms with Crippen LogP contribution in [0.1, 0.15) is 63.1 Å². The molecular formula is C35H45NO4S. The standard InChI is InChI=1S/C35H45NO4S/c1-7-38-33(23-40-32-16-12-29(13-17-32)25(2)3)24-41-34-18-8-28(9-19-34)22-27(6)30-10-14-31(15-11-30)36-20-21-39-35(37)26(4)5/h8-19,25,27,33,36H,4,7,20-24H2,1-3,5-6H3. The molecule has 0 aromatic heterocycles. The van der Waals surface area contributed by atoms with E-state index in [9.17, 15) is 4.79 Å². The SMILES string of the molecule is C=C(C)C(=O)OCCNc1ccc(C(C)Cc2ccc(SCC(COc3ccc(C(C)C)cc3)OCC)cc2)cc1. The first kappa shape index (κ1) is 32.3. The zero-order chi connectivity index (χ0) is 29.6. The molecule has 1 N–H and O–H groups in total. The first-order valence-electron chi connectivity index (χ1n) is 14.5. The monoisotopic (exact) mass is 575 g/mol. The van der Waals surface area contributed by atoms with Crippen LogP contribution in [-0.2, 0) is 20.7 Å². The number of anilines is 1. The van der Waals surface area contributed by atoms with Crippen LogP contribution in [0.4, 0.5) is 5.69 Å². The van der Waals surface area contributed by atoms with Gasteiger partial charge in [0.25, 0.3) is 0 Å². The Morgan fingerprint density at radius 2 is 1.59 bits per heavy atom. The summed E-state index contributed by atoms with van der Waals surface area (Å²) in [6, 6.07) is 25.7. The fourth-order valence-corrected chi connectivity index (χ4v) is 5.19. The Labute approximate surface area is 250 Å². The molecule has 0 saturated carbocycles. The number of nitrogens with one attached hydrogen (secondary N) is 1. The van der Waals surface area contributed by atoms with Crippen LogP contribution in [0.15, 0.2) is 89.8 Å². The van der Waals surface area contributed by atoms with Gasteiger partial charge in [-0.2, -0.15) is 0 Å². The minimum atomic E-state index is -0.356. The summed E-state index contributed by atoms with van der Waals surface area (Å²) in [5, 5.41) is 3.28. The zero-order valence-electron chi connectivity index (χ0n) is 25.2. The van der Waals surface area contributed by atoms with Crippen molar-refractivity contribution in [3.8, 4) is 5.75 Å². The van der Waals surface area contributed by atoms with Crippen molar-refractivity contribution in [1.29, 1.82) is 0 Å². The van der Waals surface area contributed by atoms with Crippen molar-refractivity contribution in [2.24, 2.45) is 0 Å². The van der Waals surface area contributed by atoms with E-state index in [0.29, 0.717) is 43.8 Å². The van der Waals surface area contributed by atoms with Crippen molar-refractivity contribution in [2.45, 2.75) is 63.9 Å². The lowest BCUT2D eigenvalue weighted by atomic mass is 9.94. The maximum absolute atomic E-state index is 11.5. The molecule has 0 aliphatic carbocycles. The summed E-state index contributed by atoms with van der Waals surface area (Å²) < 4.78 is 17.1. The summed E-state index contributed by atoms with van der Waals surface area (Å²) in [6.07, 6.45) is 0.998. The van der Waals surface area contributed by atoms with E-state index in [2.05, 4.69) is 93.3 Å². The minimum Gasteiger partial charge on any atom is -0.491 e. The lowest BCUT2D eigenvalue weighted by molar-refractivity contribution is -0.138. The normalized spacial score (nSPS) is 12.5. The first-order valence-corrected chi connectivity index (χ1v) is 15.5. The van der Waals surface area contributed by atoms with Crippen LogP contribution in [-0.4, -0.2) is 44.2 Å². The van der Waals surface area contributed by atoms with Gasteiger partial charge in [-0.05, 0) is 85.2 Å². The van der Waals surface area contributed by atoms with Crippen molar-refractivity contribution in [3.63, 3.8) is 0 Å². The molecule has 0 fully saturated rings. The van der Waals surface area contributed by atoms with Crippen LogP contribution >= 0.6 is 11.8 Å². The maximum Gasteiger partial charge on any atom is 0.333 e. The highest BCUT2D eigenvalue weighted by molar-refractivity contribution is 7.99. The van der Waals surface area contributed by atoms with E-state index in [-0.39, 0.29) is 12.1 Å². The van der Waals surface area contributed by atoms with Gasteiger partial charge in [-0.1, -0.05) is 63.7 Å². The molecule has 6 heteroatoms. The molecule has 0 amide bonds. The predicted molar refractivity (Wildman–Crippen MR) is 171 cm³/mol. The van der Waals surface area contributed by atoms with Crippen molar-refractivity contribution in [3.05, 3.63) is 102 Å². The van der Waals surface area contributed by atoms with Gasteiger partial charge in [0.15, 0.2) is 0 Å². The Morgan fingerprint density at radius 3 is 2.20 bits per heavy atom. The van der Waals surface area contributed by atoms with Crippen molar-refractivity contribution < 1.29 is 19.0 Å². The lowest BCUT2D eigenvalue weighted by Crippen LogP contribution is -2.24. The Morgan fingerprint density at radius 1 is 0.927 bits per heavy atom. The highest BCUT2D eigenvalue weighted by Crippen LogP contribution is 2.26. The van der Waals surface area contributed by atoms with Gasteiger partial charge in [0, 0.05) is 35.1 Å².